The number of halogens is 1. The van der Waals surface area contributed by atoms with Crippen molar-refractivity contribution in [3.8, 4) is 5.75 Å². The van der Waals surface area contributed by atoms with Crippen LogP contribution in [0.25, 0.3) is 16.5 Å². The number of fused-ring (bicyclic) bond motifs is 1. The fourth-order valence-corrected chi connectivity index (χ4v) is 2.46. The van der Waals surface area contributed by atoms with Gasteiger partial charge < -0.3 is 10.1 Å². The van der Waals surface area contributed by atoms with Crippen molar-refractivity contribution in [2.75, 3.05) is 5.32 Å². The maximum Gasteiger partial charge on any atom is 0.198 e. The van der Waals surface area contributed by atoms with Crippen LogP contribution in [0.1, 0.15) is 5.56 Å². The van der Waals surface area contributed by atoms with E-state index in [9.17, 15) is 4.79 Å². The van der Waals surface area contributed by atoms with Crippen molar-refractivity contribution in [3.05, 3.63) is 75.6 Å². The van der Waals surface area contributed by atoms with Gasteiger partial charge in [0.1, 0.15) is 5.75 Å². The van der Waals surface area contributed by atoms with Crippen molar-refractivity contribution >= 4 is 29.1 Å². The third kappa shape index (κ3) is 3.51. The van der Waals surface area contributed by atoms with Crippen LogP contribution in [0.4, 0.5) is 5.69 Å². The first kappa shape index (κ1) is 15.9. The zero-order valence-electron chi connectivity index (χ0n) is 12.5. The molecule has 1 N–H and O–H groups in total. The zero-order chi connectivity index (χ0) is 16.9. The van der Waals surface area contributed by atoms with Gasteiger partial charge in [0.25, 0.3) is 0 Å². The molecule has 24 heavy (non-hydrogen) atoms. The summed E-state index contributed by atoms with van der Waals surface area (Å²) in [5.74, 6) is 0.240. The number of hydrogen-bond donors (Lipinski definition) is 1. The lowest BCUT2D eigenvalue weighted by Gasteiger charge is -2.30. The first-order valence-electron chi connectivity index (χ1n) is 7.21. The molecule has 2 unspecified atom stereocenters. The Hall–Kier alpha value is -2.95. The molecule has 2 aromatic carbocycles. The van der Waals surface area contributed by atoms with E-state index < -0.39 is 12.3 Å². The Kier molecular flexibility index (Phi) is 4.70. The maximum absolute atomic E-state index is 12.5. The number of nitrogens with zero attached hydrogens (tertiary/aromatic N) is 3. The van der Waals surface area contributed by atoms with Gasteiger partial charge in [0.15, 0.2) is 18.1 Å². The lowest BCUT2D eigenvalue weighted by molar-refractivity contribution is -0.121. The molecular weight excluding hydrogens is 328 g/mol. The molecule has 120 valence electrons. The monoisotopic (exact) mass is 340 g/mol. The zero-order valence-corrected chi connectivity index (χ0v) is 13.2. The number of ether oxygens (including phenoxy) is 1. The average Bonchev–Trinajstić information content (AvgIpc) is 2.60. The number of azide groups is 1. The summed E-state index contributed by atoms with van der Waals surface area (Å²) in [6, 6.07) is 14.2. The van der Waals surface area contributed by atoms with Crippen molar-refractivity contribution < 1.29 is 9.53 Å². The number of ketones is 1. The molecule has 0 saturated heterocycles. The Morgan fingerprint density at radius 2 is 2.00 bits per heavy atom. The van der Waals surface area contributed by atoms with E-state index in [1.807, 2.05) is 6.07 Å². The molecule has 0 aliphatic carbocycles. The fourth-order valence-electron chi connectivity index (χ4n) is 2.33. The van der Waals surface area contributed by atoms with Gasteiger partial charge in [-0.1, -0.05) is 47.1 Å². The Balaban J connectivity index is 1.81. The summed E-state index contributed by atoms with van der Waals surface area (Å²) >= 11 is 5.83. The van der Waals surface area contributed by atoms with Gasteiger partial charge in [-0.05, 0) is 41.4 Å². The summed E-state index contributed by atoms with van der Waals surface area (Å²) in [5.41, 5.74) is 10.2. The SMILES string of the molecule is [N-]=[N+]=NC1Nc2ccccc2OC1C(=O)C=Cc1ccc(Cl)cc1. The highest BCUT2D eigenvalue weighted by Gasteiger charge is 2.33. The normalized spacial score (nSPS) is 18.9. The van der Waals surface area contributed by atoms with Crippen LogP contribution < -0.4 is 10.1 Å². The predicted octanol–water partition coefficient (Wildman–Crippen LogP) is 4.43. The van der Waals surface area contributed by atoms with Gasteiger partial charge in [-0.25, -0.2) is 0 Å². The van der Waals surface area contributed by atoms with Crippen LogP contribution >= 0.6 is 11.6 Å². The number of carbonyl (C=O) groups excluding carboxylic acids is 1. The highest BCUT2D eigenvalue weighted by molar-refractivity contribution is 6.30. The van der Waals surface area contributed by atoms with Crippen molar-refractivity contribution in [2.24, 2.45) is 5.11 Å². The van der Waals surface area contributed by atoms with Crippen molar-refractivity contribution in [1.29, 1.82) is 0 Å². The van der Waals surface area contributed by atoms with E-state index in [1.165, 1.54) is 6.08 Å². The molecule has 0 saturated carbocycles. The van der Waals surface area contributed by atoms with Gasteiger partial charge in [-0.15, -0.1) is 0 Å². The fraction of sp³-hybridized carbons (Fsp3) is 0.118. The number of benzene rings is 2. The highest BCUT2D eigenvalue weighted by Crippen LogP contribution is 2.31. The molecule has 1 heterocycles. The molecule has 2 atom stereocenters. The standard InChI is InChI=1S/C17H13ClN4O2/c18-12-8-5-11(6-9-12)7-10-14(23)16-17(21-22-19)20-13-3-1-2-4-15(13)24-16/h1-10,16-17,20H. The number of anilines is 1. The van der Waals surface area contributed by atoms with Gasteiger partial charge >= 0.3 is 0 Å². The topological polar surface area (TPSA) is 87.1 Å². The minimum absolute atomic E-state index is 0.302. The lowest BCUT2D eigenvalue weighted by Crippen LogP contribution is -2.44. The van der Waals surface area contributed by atoms with Crippen molar-refractivity contribution in [3.63, 3.8) is 0 Å². The van der Waals surface area contributed by atoms with E-state index in [0.29, 0.717) is 16.5 Å². The van der Waals surface area contributed by atoms with Gasteiger partial charge in [0.05, 0.1) is 5.69 Å². The molecule has 0 amide bonds. The first-order valence-corrected chi connectivity index (χ1v) is 7.59. The molecule has 6 nitrogen and oxygen atoms in total. The number of nitrogens with one attached hydrogen (secondary N) is 1. The summed E-state index contributed by atoms with van der Waals surface area (Å²) in [7, 11) is 0. The number of carbonyl (C=O) groups is 1. The molecule has 0 fully saturated rings. The Morgan fingerprint density at radius 3 is 2.75 bits per heavy atom. The van der Waals surface area contributed by atoms with Gasteiger partial charge in [0, 0.05) is 9.93 Å². The predicted molar refractivity (Wildman–Crippen MR) is 92.9 cm³/mol. The second-order valence-electron chi connectivity index (χ2n) is 5.12. The van der Waals surface area contributed by atoms with Crippen LogP contribution in [0.3, 0.4) is 0 Å². The Bertz CT molecular complexity index is 829. The quantitative estimate of drug-likeness (QED) is 0.386. The third-order valence-electron chi connectivity index (χ3n) is 3.50. The molecule has 0 spiro atoms. The van der Waals surface area contributed by atoms with Crippen LogP contribution in [0, 0.1) is 0 Å². The maximum atomic E-state index is 12.5. The minimum Gasteiger partial charge on any atom is -0.478 e. The van der Waals surface area contributed by atoms with Crippen LogP contribution in [0.5, 0.6) is 5.75 Å². The summed E-state index contributed by atoms with van der Waals surface area (Å²) in [5, 5.41) is 7.26. The first-order chi connectivity index (χ1) is 11.7. The van der Waals surface area contributed by atoms with Crippen LogP contribution in [0.2, 0.25) is 5.02 Å². The summed E-state index contributed by atoms with van der Waals surface area (Å²) in [6.07, 6.45) is 1.32. The molecule has 7 heteroatoms. The van der Waals surface area contributed by atoms with E-state index in [1.54, 1.807) is 48.5 Å². The number of rotatable bonds is 4. The summed E-state index contributed by atoms with van der Waals surface area (Å²) in [4.78, 5) is 15.3. The molecule has 1 aliphatic heterocycles. The van der Waals surface area contributed by atoms with Crippen molar-refractivity contribution in [2.45, 2.75) is 12.3 Å². The summed E-state index contributed by atoms with van der Waals surface area (Å²) in [6.45, 7) is 0. The molecule has 0 aromatic heterocycles. The Morgan fingerprint density at radius 1 is 1.25 bits per heavy atom. The van der Waals surface area contributed by atoms with Crippen LogP contribution in [0.15, 0.2) is 59.7 Å². The third-order valence-corrected chi connectivity index (χ3v) is 3.75. The van der Waals surface area contributed by atoms with E-state index in [4.69, 9.17) is 21.9 Å². The van der Waals surface area contributed by atoms with E-state index in [0.717, 1.165) is 5.56 Å². The van der Waals surface area contributed by atoms with Gasteiger partial charge in [-0.2, -0.15) is 0 Å². The molecular formula is C17H13ClN4O2. The Labute approximate surface area is 143 Å². The van der Waals surface area contributed by atoms with E-state index >= 15 is 0 Å². The second-order valence-corrected chi connectivity index (χ2v) is 5.55. The second kappa shape index (κ2) is 7.08. The van der Waals surface area contributed by atoms with Gasteiger partial charge in [0.2, 0.25) is 0 Å². The molecule has 3 rings (SSSR count). The van der Waals surface area contributed by atoms with E-state index in [-0.39, 0.29) is 5.78 Å². The molecule has 0 bridgehead atoms. The largest absolute Gasteiger partial charge is 0.478 e. The van der Waals surface area contributed by atoms with Crippen LogP contribution in [-0.2, 0) is 4.79 Å². The number of hydrogen-bond acceptors (Lipinski definition) is 4. The van der Waals surface area contributed by atoms with E-state index in [2.05, 4.69) is 15.3 Å². The van der Waals surface area contributed by atoms with Crippen molar-refractivity contribution in [1.82, 2.24) is 0 Å². The smallest absolute Gasteiger partial charge is 0.198 e. The van der Waals surface area contributed by atoms with Gasteiger partial charge in [-0.3, -0.25) is 4.79 Å². The number of para-hydroxylation sites is 2. The molecule has 2 aromatic rings. The molecule has 0 radical (unpaired) electrons. The molecule has 1 aliphatic rings. The highest BCUT2D eigenvalue weighted by atomic mass is 35.5. The summed E-state index contributed by atoms with van der Waals surface area (Å²) < 4.78 is 5.72. The average molecular weight is 341 g/mol. The lowest BCUT2D eigenvalue weighted by atomic mass is 10.1. The minimum atomic E-state index is -0.931. The van der Waals surface area contributed by atoms with Crippen LogP contribution in [-0.4, -0.2) is 18.1 Å².